The zero-order valence-electron chi connectivity index (χ0n) is 18.2. The number of anilines is 1. The van der Waals surface area contributed by atoms with Gasteiger partial charge in [-0.15, -0.1) is 13.2 Å². The van der Waals surface area contributed by atoms with Crippen LogP contribution in [-0.2, 0) is 14.3 Å². The molecule has 3 fully saturated rings. The van der Waals surface area contributed by atoms with Gasteiger partial charge in [-0.25, -0.2) is 4.79 Å². The lowest BCUT2D eigenvalue weighted by Crippen LogP contribution is -2.60. The molecule has 182 valence electrons. The lowest BCUT2D eigenvalue weighted by atomic mass is 10.1. The van der Waals surface area contributed by atoms with Gasteiger partial charge in [0.1, 0.15) is 5.75 Å². The van der Waals surface area contributed by atoms with Crippen molar-refractivity contribution in [1.29, 1.82) is 0 Å². The predicted molar refractivity (Wildman–Crippen MR) is 112 cm³/mol. The van der Waals surface area contributed by atoms with E-state index in [0.29, 0.717) is 38.4 Å². The number of ether oxygens (including phenoxy) is 3. The number of rotatable bonds is 3. The van der Waals surface area contributed by atoms with Gasteiger partial charge >= 0.3 is 12.4 Å². The number of carbonyl (C=O) groups excluding carboxylic acids is 2. The van der Waals surface area contributed by atoms with Crippen LogP contribution in [0.1, 0.15) is 32.1 Å². The van der Waals surface area contributed by atoms with Crippen LogP contribution >= 0.6 is 0 Å². The second kappa shape index (κ2) is 9.76. The molecule has 4 rings (SSSR count). The Bertz CT molecular complexity index is 845. The fraction of sp³-hybridized carbons (Fsp3) is 0.636. The molecule has 1 aromatic carbocycles. The number of benzene rings is 1. The van der Waals surface area contributed by atoms with E-state index in [-0.39, 0.29) is 30.7 Å². The molecule has 8 nitrogen and oxygen atoms in total. The molecular formula is C22H28F3N3O5. The first-order valence-electron chi connectivity index (χ1n) is 11.2. The Morgan fingerprint density at radius 2 is 1.64 bits per heavy atom. The highest BCUT2D eigenvalue weighted by molar-refractivity contribution is 5.89. The van der Waals surface area contributed by atoms with Crippen molar-refractivity contribution in [2.45, 2.75) is 44.3 Å². The van der Waals surface area contributed by atoms with Crippen molar-refractivity contribution >= 4 is 17.6 Å². The van der Waals surface area contributed by atoms with Crippen molar-refractivity contribution in [1.82, 2.24) is 9.80 Å². The Hall–Kier alpha value is -2.53. The van der Waals surface area contributed by atoms with Crippen molar-refractivity contribution in [3.63, 3.8) is 0 Å². The van der Waals surface area contributed by atoms with Gasteiger partial charge in [0.2, 0.25) is 11.7 Å². The van der Waals surface area contributed by atoms with Crippen LogP contribution in [0, 0.1) is 5.92 Å². The van der Waals surface area contributed by atoms with Gasteiger partial charge in [0, 0.05) is 24.7 Å². The van der Waals surface area contributed by atoms with Gasteiger partial charge in [-0.2, -0.15) is 0 Å². The van der Waals surface area contributed by atoms with Gasteiger partial charge in [0.05, 0.1) is 26.3 Å². The van der Waals surface area contributed by atoms with Crippen LogP contribution in [0.2, 0.25) is 0 Å². The highest BCUT2D eigenvalue weighted by atomic mass is 19.4. The Morgan fingerprint density at radius 3 is 2.33 bits per heavy atom. The zero-order valence-corrected chi connectivity index (χ0v) is 18.2. The number of nitrogens with one attached hydrogen (secondary N) is 1. The number of alkyl halides is 3. The first kappa shape index (κ1) is 23.6. The average Bonchev–Trinajstić information content (AvgIpc) is 3.23. The van der Waals surface area contributed by atoms with E-state index in [1.165, 1.54) is 12.1 Å². The van der Waals surface area contributed by atoms with E-state index >= 15 is 0 Å². The minimum Gasteiger partial charge on any atom is -0.406 e. The molecule has 1 unspecified atom stereocenters. The van der Waals surface area contributed by atoms with Crippen molar-refractivity contribution < 1.29 is 37.0 Å². The lowest BCUT2D eigenvalue weighted by molar-refractivity contribution is -0.274. The molecule has 11 heteroatoms. The third kappa shape index (κ3) is 6.08. The standard InChI is InChI=1S/C22H28F3N3O5/c23-22(24,25)33-18-8-6-17(7-9-18)26-20(30)28-10-3-12-31-21(15-28)14-27(11-13-32-21)19(29)16-4-1-2-5-16/h6-9,16H,1-5,10-15H2,(H,26,30). The molecule has 2 heterocycles. The zero-order chi connectivity index (χ0) is 23.5. The maximum Gasteiger partial charge on any atom is 0.573 e. The van der Waals surface area contributed by atoms with E-state index in [2.05, 4.69) is 10.1 Å². The summed E-state index contributed by atoms with van der Waals surface area (Å²) in [6, 6.07) is 4.51. The normalized spacial score (nSPS) is 24.6. The van der Waals surface area contributed by atoms with Crippen LogP contribution < -0.4 is 10.1 Å². The second-order valence-electron chi connectivity index (χ2n) is 8.63. The Kier molecular flexibility index (Phi) is 6.99. The summed E-state index contributed by atoms with van der Waals surface area (Å²) in [4.78, 5) is 29.2. The predicted octanol–water partition coefficient (Wildman–Crippen LogP) is 3.58. The van der Waals surface area contributed by atoms with E-state index in [0.717, 1.165) is 37.8 Å². The highest BCUT2D eigenvalue weighted by Crippen LogP contribution is 2.30. The maximum absolute atomic E-state index is 12.9. The summed E-state index contributed by atoms with van der Waals surface area (Å²) in [6.45, 7) is 2.03. The van der Waals surface area contributed by atoms with Crippen LogP contribution in [0.5, 0.6) is 5.75 Å². The lowest BCUT2D eigenvalue weighted by Gasteiger charge is -2.43. The van der Waals surface area contributed by atoms with Crippen LogP contribution in [-0.4, -0.2) is 73.3 Å². The molecule has 33 heavy (non-hydrogen) atoms. The summed E-state index contributed by atoms with van der Waals surface area (Å²) >= 11 is 0. The summed E-state index contributed by atoms with van der Waals surface area (Å²) in [5, 5.41) is 2.69. The van der Waals surface area contributed by atoms with Gasteiger partial charge in [-0.3, -0.25) is 4.79 Å². The summed E-state index contributed by atoms with van der Waals surface area (Å²) in [5.74, 6) is -1.29. The molecule has 0 radical (unpaired) electrons. The Labute approximate surface area is 189 Å². The number of urea groups is 1. The largest absolute Gasteiger partial charge is 0.573 e. The quantitative estimate of drug-likeness (QED) is 0.729. The number of hydrogen-bond donors (Lipinski definition) is 1. The van der Waals surface area contributed by atoms with Crippen molar-refractivity contribution in [3.8, 4) is 5.75 Å². The maximum atomic E-state index is 12.9. The summed E-state index contributed by atoms with van der Waals surface area (Å²) in [5.41, 5.74) is 0.330. The van der Waals surface area contributed by atoms with Crippen LogP contribution in [0.15, 0.2) is 24.3 Å². The average molecular weight is 471 g/mol. The van der Waals surface area contributed by atoms with Gasteiger partial charge in [-0.1, -0.05) is 12.8 Å². The molecule has 3 aliphatic rings. The third-order valence-corrected chi connectivity index (χ3v) is 6.17. The van der Waals surface area contributed by atoms with E-state index < -0.39 is 18.2 Å². The molecule has 2 aliphatic heterocycles. The van der Waals surface area contributed by atoms with Gasteiger partial charge in [-0.05, 0) is 43.5 Å². The molecule has 1 aromatic rings. The number of nitrogens with zero attached hydrogens (tertiary/aromatic N) is 2. The fourth-order valence-electron chi connectivity index (χ4n) is 4.60. The topological polar surface area (TPSA) is 80.3 Å². The number of amides is 3. The van der Waals surface area contributed by atoms with E-state index in [1.807, 2.05) is 0 Å². The molecule has 1 N–H and O–H groups in total. The van der Waals surface area contributed by atoms with E-state index in [1.54, 1.807) is 9.80 Å². The highest BCUT2D eigenvalue weighted by Gasteiger charge is 2.44. The molecule has 0 bridgehead atoms. The van der Waals surface area contributed by atoms with Gasteiger partial charge in [0.25, 0.3) is 0 Å². The number of hydrogen-bond acceptors (Lipinski definition) is 5. The Morgan fingerprint density at radius 1 is 0.970 bits per heavy atom. The molecule has 3 amide bonds. The smallest absolute Gasteiger partial charge is 0.406 e. The SMILES string of the molecule is O=C(Nc1ccc(OC(F)(F)F)cc1)N1CCCOC2(C1)CN(C(=O)C1CCCC1)CCO2. The first-order valence-corrected chi connectivity index (χ1v) is 11.2. The van der Waals surface area contributed by atoms with Gasteiger partial charge in [0.15, 0.2) is 0 Å². The summed E-state index contributed by atoms with van der Waals surface area (Å²) in [7, 11) is 0. The first-order chi connectivity index (χ1) is 15.7. The van der Waals surface area contributed by atoms with E-state index in [4.69, 9.17) is 9.47 Å². The van der Waals surface area contributed by atoms with Crippen LogP contribution in [0.25, 0.3) is 0 Å². The second-order valence-corrected chi connectivity index (χ2v) is 8.63. The van der Waals surface area contributed by atoms with Crippen LogP contribution in [0.3, 0.4) is 0 Å². The minimum absolute atomic E-state index is 0.0506. The summed E-state index contributed by atoms with van der Waals surface area (Å²) < 4.78 is 52.8. The fourth-order valence-corrected chi connectivity index (χ4v) is 4.60. The molecule has 1 aliphatic carbocycles. The monoisotopic (exact) mass is 471 g/mol. The molecule has 1 atom stereocenters. The number of halogens is 3. The minimum atomic E-state index is -4.78. The van der Waals surface area contributed by atoms with Crippen molar-refractivity contribution in [2.24, 2.45) is 5.92 Å². The third-order valence-electron chi connectivity index (χ3n) is 6.17. The molecule has 0 aromatic heterocycles. The van der Waals surface area contributed by atoms with Crippen molar-refractivity contribution in [2.75, 3.05) is 44.7 Å². The van der Waals surface area contributed by atoms with Crippen LogP contribution in [0.4, 0.5) is 23.7 Å². The number of carbonyl (C=O) groups is 2. The van der Waals surface area contributed by atoms with Crippen molar-refractivity contribution in [3.05, 3.63) is 24.3 Å². The Balaban J connectivity index is 1.39. The van der Waals surface area contributed by atoms with E-state index in [9.17, 15) is 22.8 Å². The summed E-state index contributed by atoms with van der Waals surface area (Å²) in [6.07, 6.45) is -0.234. The molecule has 2 saturated heterocycles. The molecule has 1 saturated carbocycles. The number of morpholine rings is 1. The molecule has 1 spiro atoms. The molecular weight excluding hydrogens is 443 g/mol. The van der Waals surface area contributed by atoms with Gasteiger partial charge < -0.3 is 29.3 Å².